The first kappa shape index (κ1) is 33.7. The van der Waals surface area contributed by atoms with Crippen molar-refractivity contribution in [2.24, 2.45) is 52.8 Å². The fourth-order valence-corrected chi connectivity index (χ4v) is 9.12. The molecule has 4 heteroatoms. The van der Waals surface area contributed by atoms with Crippen LogP contribution < -0.4 is 0 Å². The Morgan fingerprint density at radius 2 is 1.46 bits per heavy atom. The molecular weight excluding hydrogens is 454 g/mol. The fourth-order valence-electron chi connectivity index (χ4n) is 9.12. The number of hydrogen-bond acceptors (Lipinski definition) is 3. The van der Waals surface area contributed by atoms with Crippen molar-refractivity contribution in [2.45, 2.75) is 121 Å². The Morgan fingerprint density at radius 1 is 0.892 bits per heavy atom. The van der Waals surface area contributed by atoms with Crippen molar-refractivity contribution in [3.63, 3.8) is 0 Å². The van der Waals surface area contributed by atoms with Gasteiger partial charge in [0.05, 0.1) is 31.5 Å². The van der Waals surface area contributed by atoms with Gasteiger partial charge in [-0.15, -0.1) is 0 Å². The van der Waals surface area contributed by atoms with Gasteiger partial charge in [-0.3, -0.25) is 4.68 Å². The molecule has 0 amide bonds. The van der Waals surface area contributed by atoms with Crippen LogP contribution in [0, 0.1) is 64.1 Å². The van der Waals surface area contributed by atoms with E-state index in [1.165, 1.54) is 57.8 Å². The highest BCUT2D eigenvalue weighted by Gasteiger charge is 2.57. The van der Waals surface area contributed by atoms with Crippen molar-refractivity contribution < 1.29 is 6.16 Å². The quantitative estimate of drug-likeness (QED) is 0.401. The van der Waals surface area contributed by atoms with Crippen LogP contribution in [0.15, 0.2) is 12.4 Å². The lowest BCUT2D eigenvalue weighted by Gasteiger charge is -2.55. The first-order valence-corrected chi connectivity index (χ1v) is 14.7. The molecule has 4 saturated carbocycles. The van der Waals surface area contributed by atoms with Crippen molar-refractivity contribution >= 4 is 0 Å². The molecule has 4 nitrogen and oxygen atoms in total. The van der Waals surface area contributed by atoms with Gasteiger partial charge in [-0.25, -0.2) is 0 Å². The monoisotopic (exact) mass is 517 g/mol. The summed E-state index contributed by atoms with van der Waals surface area (Å²) < 4.78 is 7.84. The van der Waals surface area contributed by atoms with Crippen LogP contribution in [0.4, 0.5) is 0 Å². The molecule has 4 unspecified atom stereocenters. The Kier molecular flexibility index (Phi) is 13.4. The minimum absolute atomic E-state index is 0. The van der Waals surface area contributed by atoms with Crippen LogP contribution in [0.25, 0.3) is 0 Å². The molecule has 8 atom stereocenters. The molecule has 1 aliphatic heterocycles. The second kappa shape index (κ2) is 14.7. The summed E-state index contributed by atoms with van der Waals surface area (Å²) in [5, 5.41) is 13.6. The first-order chi connectivity index (χ1) is 16.7. The van der Waals surface area contributed by atoms with Crippen molar-refractivity contribution in [2.75, 3.05) is 13.2 Å². The maximum atomic E-state index is 9.17. The molecule has 1 saturated heterocycles. The molecule has 4 aliphatic carbocycles. The van der Waals surface area contributed by atoms with E-state index in [0.29, 0.717) is 5.56 Å². The average molecular weight is 518 g/mol. The summed E-state index contributed by atoms with van der Waals surface area (Å²) >= 11 is 0. The van der Waals surface area contributed by atoms with Crippen LogP contribution in [-0.4, -0.2) is 23.0 Å². The summed E-state index contributed by atoms with van der Waals surface area (Å²) in [6.07, 6.45) is 17.0. The third-order valence-corrected chi connectivity index (χ3v) is 10.3. The summed E-state index contributed by atoms with van der Waals surface area (Å²) in [5.74, 6) is 7.77. The number of rotatable bonds is 3. The van der Waals surface area contributed by atoms with Gasteiger partial charge >= 0.3 is 0 Å². The van der Waals surface area contributed by atoms with E-state index in [1.54, 1.807) is 6.20 Å². The summed E-state index contributed by atoms with van der Waals surface area (Å²) in [4.78, 5) is 0. The van der Waals surface area contributed by atoms with E-state index >= 15 is 0 Å². The van der Waals surface area contributed by atoms with Crippen LogP contribution in [0.5, 0.6) is 0 Å². The Labute approximate surface area is 232 Å². The van der Waals surface area contributed by atoms with Crippen LogP contribution in [-0.2, 0) is 11.3 Å². The number of nitrogens with zero attached hydrogens (tertiary/aromatic N) is 3. The largest absolute Gasteiger partial charge is 0.380 e. The molecule has 37 heavy (non-hydrogen) atoms. The summed E-state index contributed by atoms with van der Waals surface area (Å²) in [5.41, 5.74) is 0.927. The van der Waals surface area contributed by atoms with E-state index in [-0.39, 0.29) is 29.1 Å². The lowest BCUT2D eigenvalue weighted by atomic mass is 9.51. The molecule has 0 bridgehead atoms. The number of nitriles is 1. The zero-order valence-electron chi connectivity index (χ0n) is 22.5. The highest BCUT2D eigenvalue weighted by molar-refractivity contribution is 5.21. The molecule has 5 aliphatic rings. The topological polar surface area (TPSA) is 50.8 Å². The SMILES string of the molecule is C.C.C.CC.CC.C[C@@H]1CCC2C(CCC3[C@@H]2CCC2[C@H]3CC[C@@H]2C2(Cn3cc(C#N)cn3)COC2)C1.[HH]. The van der Waals surface area contributed by atoms with Gasteiger partial charge in [0.15, 0.2) is 0 Å². The summed E-state index contributed by atoms with van der Waals surface area (Å²) in [6.45, 7) is 13.2. The number of hydrogen-bond donors (Lipinski definition) is 0. The number of ether oxygens (including phenoxy) is 1. The van der Waals surface area contributed by atoms with Crippen molar-refractivity contribution in [3.8, 4) is 6.07 Å². The molecule has 216 valence electrons. The molecule has 1 aromatic heterocycles. The van der Waals surface area contributed by atoms with Crippen molar-refractivity contribution in [1.82, 2.24) is 9.78 Å². The maximum absolute atomic E-state index is 9.17. The van der Waals surface area contributed by atoms with Gasteiger partial charge in [-0.1, -0.05) is 63.3 Å². The fraction of sp³-hybridized carbons (Fsp3) is 0.879. The molecule has 2 heterocycles. The average Bonchev–Trinajstić information content (AvgIpc) is 3.50. The smallest absolute Gasteiger partial charge is 0.102 e. The lowest BCUT2D eigenvalue weighted by Crippen LogP contribution is -2.54. The summed E-state index contributed by atoms with van der Waals surface area (Å²) in [7, 11) is 0. The highest BCUT2D eigenvalue weighted by Crippen LogP contribution is 2.62. The van der Waals surface area contributed by atoms with Crippen molar-refractivity contribution in [3.05, 3.63) is 18.0 Å². The Balaban J connectivity index is 0.00000164. The van der Waals surface area contributed by atoms with E-state index in [2.05, 4.69) is 18.1 Å². The highest BCUT2D eigenvalue weighted by atomic mass is 16.5. The zero-order valence-corrected chi connectivity index (χ0v) is 22.5. The normalized spacial score (nSPS) is 36.2. The van der Waals surface area contributed by atoms with Gasteiger partial charge in [-0.2, -0.15) is 10.4 Å². The van der Waals surface area contributed by atoms with E-state index in [4.69, 9.17) is 10.00 Å². The maximum Gasteiger partial charge on any atom is 0.102 e. The molecule has 5 fully saturated rings. The van der Waals surface area contributed by atoms with Gasteiger partial charge in [0.2, 0.25) is 0 Å². The molecular formula is C33H63N3O. The van der Waals surface area contributed by atoms with Crippen LogP contribution in [0.2, 0.25) is 0 Å². The number of fused-ring (bicyclic) bond motifs is 5. The predicted octanol–water partition coefficient (Wildman–Crippen LogP) is 9.49. The molecule has 1 aromatic rings. The number of aromatic nitrogens is 2. The second-order valence-corrected chi connectivity index (χ2v) is 11.7. The molecule has 0 aromatic carbocycles. The predicted molar refractivity (Wildman–Crippen MR) is 160 cm³/mol. The second-order valence-electron chi connectivity index (χ2n) is 11.7. The molecule has 0 radical (unpaired) electrons. The standard InChI is InChI=1S/C26H37N3O.2C2H6.3CH4.H2/c1-17-2-4-20-19(10-17)3-5-22-21(20)6-7-24-23(22)8-9-25(24)26(15-30-16-26)14-29-13-18(11-27)12-28-29;2*1-2;;;;/h12-13,17,19-25H,2-10,14-16H2,1H3;2*1-2H3;3*1H4;1H/t17-,19?,20?,21-,22?,23+,24?,25+;;;;;;/m1....../s1. The van der Waals surface area contributed by atoms with Gasteiger partial charge in [0, 0.05) is 13.0 Å². The van der Waals surface area contributed by atoms with Crippen LogP contribution >= 0.6 is 0 Å². The van der Waals surface area contributed by atoms with E-state index < -0.39 is 0 Å². The zero-order chi connectivity index (χ0) is 24.3. The van der Waals surface area contributed by atoms with Gasteiger partial charge in [0.1, 0.15) is 6.07 Å². The Bertz CT molecular complexity index is 828. The van der Waals surface area contributed by atoms with Crippen LogP contribution in [0.3, 0.4) is 0 Å². The van der Waals surface area contributed by atoms with Gasteiger partial charge in [-0.05, 0) is 98.7 Å². The van der Waals surface area contributed by atoms with Gasteiger partial charge < -0.3 is 4.74 Å². The third-order valence-electron chi connectivity index (χ3n) is 10.3. The minimum Gasteiger partial charge on any atom is -0.380 e. The van der Waals surface area contributed by atoms with E-state index in [9.17, 15) is 0 Å². The first-order valence-electron chi connectivity index (χ1n) is 14.7. The Hall–Kier alpha value is -1.34. The van der Waals surface area contributed by atoms with Crippen LogP contribution in [0.1, 0.15) is 122 Å². The summed E-state index contributed by atoms with van der Waals surface area (Å²) in [6, 6.07) is 2.23. The minimum atomic E-state index is 0. The van der Waals surface area contributed by atoms with Gasteiger partial charge in [0.25, 0.3) is 0 Å². The molecule has 0 spiro atoms. The lowest BCUT2D eigenvalue weighted by molar-refractivity contribution is -0.171. The Morgan fingerprint density at radius 3 is 2.08 bits per heavy atom. The third kappa shape index (κ3) is 6.29. The molecule has 0 N–H and O–H groups in total. The molecule has 6 rings (SSSR count). The van der Waals surface area contributed by atoms with Crippen molar-refractivity contribution in [1.29, 1.82) is 5.26 Å². The van der Waals surface area contributed by atoms with E-state index in [1.807, 2.05) is 38.6 Å². The van der Waals surface area contributed by atoms with E-state index in [0.717, 1.165) is 67.1 Å².